The highest BCUT2D eigenvalue weighted by Crippen LogP contribution is 2.36. The van der Waals surface area contributed by atoms with Crippen molar-refractivity contribution in [3.8, 4) is 0 Å². The van der Waals surface area contributed by atoms with Crippen LogP contribution in [0.1, 0.15) is 47.9 Å². The fraction of sp³-hybridized carbons (Fsp3) is 0.286. The average molecular weight is 333 g/mol. The van der Waals surface area contributed by atoms with Gasteiger partial charge in [-0.15, -0.1) is 0 Å². The highest BCUT2D eigenvalue weighted by Gasteiger charge is 2.33. The van der Waals surface area contributed by atoms with Gasteiger partial charge in [-0.25, -0.2) is 0 Å². The molecule has 1 atom stereocenters. The zero-order valence-electron chi connectivity index (χ0n) is 14.7. The molecule has 1 aromatic heterocycles. The number of fused-ring (bicyclic) bond motifs is 2. The molecule has 1 aliphatic rings. The van der Waals surface area contributed by atoms with Crippen molar-refractivity contribution in [1.82, 2.24) is 9.88 Å². The Labute approximate surface area is 147 Å². The molecule has 0 saturated carbocycles. The van der Waals surface area contributed by atoms with E-state index in [1.165, 1.54) is 16.5 Å². The Morgan fingerprint density at radius 1 is 1.08 bits per heavy atom. The Kier molecular flexibility index (Phi) is 3.96. The van der Waals surface area contributed by atoms with E-state index in [-0.39, 0.29) is 12.1 Å². The van der Waals surface area contributed by atoms with Crippen molar-refractivity contribution >= 4 is 22.5 Å². The van der Waals surface area contributed by atoms with Gasteiger partial charge in [0.15, 0.2) is 0 Å². The van der Waals surface area contributed by atoms with Crippen LogP contribution < -0.4 is 5.32 Å². The van der Waals surface area contributed by atoms with Crippen LogP contribution in [-0.4, -0.2) is 22.3 Å². The van der Waals surface area contributed by atoms with Gasteiger partial charge in [0.25, 0.3) is 5.91 Å². The number of nitrogens with one attached hydrogen (secondary N) is 2. The third kappa shape index (κ3) is 2.49. The Morgan fingerprint density at radius 2 is 1.92 bits per heavy atom. The quantitative estimate of drug-likeness (QED) is 0.726. The second-order valence-corrected chi connectivity index (χ2v) is 6.53. The van der Waals surface area contributed by atoms with E-state index < -0.39 is 0 Å². The van der Waals surface area contributed by atoms with Crippen molar-refractivity contribution in [2.75, 3.05) is 11.9 Å². The van der Waals surface area contributed by atoms with E-state index in [0.717, 1.165) is 36.2 Å². The van der Waals surface area contributed by atoms with Crippen LogP contribution in [-0.2, 0) is 6.42 Å². The first-order chi connectivity index (χ1) is 12.2. The Hall–Kier alpha value is -2.75. The van der Waals surface area contributed by atoms with E-state index in [0.29, 0.717) is 0 Å². The number of hydrogen-bond acceptors (Lipinski definition) is 2. The zero-order chi connectivity index (χ0) is 17.4. The van der Waals surface area contributed by atoms with E-state index in [2.05, 4.69) is 42.3 Å². The summed E-state index contributed by atoms with van der Waals surface area (Å²) in [5.74, 6) is 0.0993. The lowest BCUT2D eigenvalue weighted by Crippen LogP contribution is -2.43. The van der Waals surface area contributed by atoms with Gasteiger partial charge in [0.05, 0.1) is 5.56 Å². The predicted octanol–water partition coefficient (Wildman–Crippen LogP) is 4.71. The SMILES string of the molecule is CCCN1C(=O)c2ccccc2N[C@@H]1c1c[nH]c2c(CC)cccc12. The first kappa shape index (κ1) is 15.8. The first-order valence-corrected chi connectivity index (χ1v) is 9.00. The molecule has 128 valence electrons. The van der Waals surface area contributed by atoms with Crippen LogP contribution in [0.25, 0.3) is 10.9 Å². The van der Waals surface area contributed by atoms with Gasteiger partial charge < -0.3 is 15.2 Å². The minimum Gasteiger partial charge on any atom is -0.361 e. The van der Waals surface area contributed by atoms with Gasteiger partial charge in [-0.1, -0.05) is 44.2 Å². The summed E-state index contributed by atoms with van der Waals surface area (Å²) < 4.78 is 0. The molecule has 0 radical (unpaired) electrons. The van der Waals surface area contributed by atoms with Gasteiger partial charge in [0, 0.05) is 34.9 Å². The number of rotatable bonds is 4. The number of carbonyl (C=O) groups excluding carboxylic acids is 1. The van der Waals surface area contributed by atoms with E-state index >= 15 is 0 Å². The highest BCUT2D eigenvalue weighted by molar-refractivity contribution is 6.02. The van der Waals surface area contributed by atoms with Gasteiger partial charge in [-0.05, 0) is 30.5 Å². The summed E-state index contributed by atoms with van der Waals surface area (Å²) in [4.78, 5) is 18.4. The number of aryl methyl sites for hydroxylation is 1. The number of hydrogen-bond donors (Lipinski definition) is 2. The molecule has 3 aromatic rings. The summed E-state index contributed by atoms with van der Waals surface area (Å²) in [5.41, 5.74) is 5.26. The van der Waals surface area contributed by atoms with Crippen molar-refractivity contribution < 1.29 is 4.79 Å². The molecule has 4 nitrogen and oxygen atoms in total. The second-order valence-electron chi connectivity index (χ2n) is 6.53. The molecule has 0 aliphatic carbocycles. The van der Waals surface area contributed by atoms with E-state index in [1.807, 2.05) is 35.4 Å². The van der Waals surface area contributed by atoms with E-state index in [1.54, 1.807) is 0 Å². The topological polar surface area (TPSA) is 48.1 Å². The molecule has 1 amide bonds. The molecule has 0 saturated heterocycles. The van der Waals surface area contributed by atoms with Crippen LogP contribution in [0.15, 0.2) is 48.7 Å². The van der Waals surface area contributed by atoms with Crippen molar-refractivity contribution in [1.29, 1.82) is 0 Å². The summed E-state index contributed by atoms with van der Waals surface area (Å²) in [5, 5.41) is 4.76. The van der Waals surface area contributed by atoms with Crippen LogP contribution >= 0.6 is 0 Å². The minimum atomic E-state index is -0.150. The molecule has 0 unspecified atom stereocenters. The number of para-hydroxylation sites is 2. The van der Waals surface area contributed by atoms with E-state index in [9.17, 15) is 4.79 Å². The van der Waals surface area contributed by atoms with Crippen LogP contribution in [0.2, 0.25) is 0 Å². The van der Waals surface area contributed by atoms with Gasteiger partial charge in [-0.3, -0.25) is 4.79 Å². The maximum Gasteiger partial charge on any atom is 0.257 e. The van der Waals surface area contributed by atoms with Crippen molar-refractivity contribution in [3.63, 3.8) is 0 Å². The highest BCUT2D eigenvalue weighted by atomic mass is 16.2. The Morgan fingerprint density at radius 3 is 2.72 bits per heavy atom. The van der Waals surface area contributed by atoms with Gasteiger partial charge in [0.1, 0.15) is 6.17 Å². The van der Waals surface area contributed by atoms with Crippen LogP contribution in [0, 0.1) is 0 Å². The Bertz CT molecular complexity index is 928. The maximum atomic E-state index is 13.0. The number of nitrogens with zero attached hydrogens (tertiary/aromatic N) is 1. The summed E-state index contributed by atoms with van der Waals surface area (Å²) in [6, 6.07) is 14.2. The average Bonchev–Trinajstić information content (AvgIpc) is 3.08. The summed E-state index contributed by atoms with van der Waals surface area (Å²) >= 11 is 0. The Balaban J connectivity index is 1.85. The molecule has 1 aliphatic heterocycles. The standard InChI is InChI=1S/C21H23N3O/c1-3-12-24-20(23-18-11-6-5-9-16(18)21(24)25)17-13-22-19-14(4-2)8-7-10-15(17)19/h5-11,13,20,22-23H,3-4,12H2,1-2H3/t20-/m0/s1. The third-order valence-electron chi connectivity index (χ3n) is 5.00. The van der Waals surface area contributed by atoms with Crippen LogP contribution in [0.3, 0.4) is 0 Å². The number of amides is 1. The van der Waals surface area contributed by atoms with Gasteiger partial charge >= 0.3 is 0 Å². The molecule has 4 heteroatoms. The zero-order valence-corrected chi connectivity index (χ0v) is 14.7. The predicted molar refractivity (Wildman–Crippen MR) is 102 cm³/mol. The number of aromatic amines is 1. The summed E-state index contributed by atoms with van der Waals surface area (Å²) in [6.45, 7) is 5.00. The lowest BCUT2D eigenvalue weighted by Gasteiger charge is -2.37. The normalized spacial score (nSPS) is 16.8. The fourth-order valence-corrected chi connectivity index (χ4v) is 3.77. The van der Waals surface area contributed by atoms with Gasteiger partial charge in [0.2, 0.25) is 0 Å². The smallest absolute Gasteiger partial charge is 0.257 e. The van der Waals surface area contributed by atoms with Crippen molar-refractivity contribution in [2.45, 2.75) is 32.9 Å². The van der Waals surface area contributed by atoms with Crippen LogP contribution in [0.5, 0.6) is 0 Å². The largest absolute Gasteiger partial charge is 0.361 e. The molecular formula is C21H23N3O. The molecule has 2 aromatic carbocycles. The second kappa shape index (κ2) is 6.28. The molecule has 4 rings (SSSR count). The molecule has 25 heavy (non-hydrogen) atoms. The van der Waals surface area contributed by atoms with Crippen molar-refractivity contribution in [3.05, 3.63) is 65.4 Å². The lowest BCUT2D eigenvalue weighted by atomic mass is 10.0. The number of anilines is 1. The molecule has 0 fully saturated rings. The van der Waals surface area contributed by atoms with Crippen LogP contribution in [0.4, 0.5) is 5.69 Å². The summed E-state index contributed by atoms with van der Waals surface area (Å²) in [6.07, 6.45) is 3.80. The number of aromatic nitrogens is 1. The van der Waals surface area contributed by atoms with Gasteiger partial charge in [-0.2, -0.15) is 0 Å². The maximum absolute atomic E-state index is 13.0. The first-order valence-electron chi connectivity index (χ1n) is 9.00. The molecule has 0 spiro atoms. The number of H-pyrrole nitrogens is 1. The van der Waals surface area contributed by atoms with E-state index in [4.69, 9.17) is 0 Å². The lowest BCUT2D eigenvalue weighted by molar-refractivity contribution is 0.0684. The molecular weight excluding hydrogens is 310 g/mol. The summed E-state index contributed by atoms with van der Waals surface area (Å²) in [7, 11) is 0. The molecule has 2 heterocycles. The van der Waals surface area contributed by atoms with Crippen molar-refractivity contribution in [2.24, 2.45) is 0 Å². The number of benzene rings is 2. The molecule has 2 N–H and O–H groups in total. The minimum absolute atomic E-state index is 0.0993. The molecule has 0 bridgehead atoms. The number of carbonyl (C=O) groups is 1. The third-order valence-corrected chi connectivity index (χ3v) is 5.00. The fourth-order valence-electron chi connectivity index (χ4n) is 3.77. The monoisotopic (exact) mass is 333 g/mol.